The molecule has 0 aliphatic carbocycles. The van der Waals surface area contributed by atoms with Crippen LogP contribution in [0.2, 0.25) is 0 Å². The highest BCUT2D eigenvalue weighted by atomic mass is 32.1. The molecule has 1 amide bonds. The van der Waals surface area contributed by atoms with Crippen molar-refractivity contribution in [3.63, 3.8) is 0 Å². The molecule has 32 heavy (non-hydrogen) atoms. The van der Waals surface area contributed by atoms with Crippen LogP contribution in [0.25, 0.3) is 20.8 Å². The molecule has 0 spiro atoms. The number of hydrogen-bond acceptors (Lipinski definition) is 6. The molecule has 1 unspecified atom stereocenters. The fraction of sp³-hybridized carbons (Fsp3) is 0.500. The monoisotopic (exact) mass is 474 g/mol. The summed E-state index contributed by atoms with van der Waals surface area (Å²) in [6, 6.07) is 5.61. The number of nitrogens with one attached hydrogen (secondary N) is 2. The number of amides is 1. The standard InChI is InChI=1S/C24H31FN4OS2/c1-5-15(4)26-10-8-21(30)28-24-22(17-9-11-29(14(2)3)13-20(17)32-24)23-27-18-12-16(25)6-7-19(18)31-23/h6-7,12,14-15,26H,5,8-11,13H2,1-4H3,(H,28,30). The number of nitrogens with zero attached hydrogens (tertiary/aromatic N) is 2. The molecular weight excluding hydrogens is 443 g/mol. The molecule has 1 aliphatic heterocycles. The van der Waals surface area contributed by atoms with E-state index in [9.17, 15) is 9.18 Å². The minimum absolute atomic E-state index is 0.00789. The summed E-state index contributed by atoms with van der Waals surface area (Å²) in [5.41, 5.74) is 2.97. The maximum absolute atomic E-state index is 13.7. The first-order valence-corrected chi connectivity index (χ1v) is 13.0. The van der Waals surface area contributed by atoms with Gasteiger partial charge in [0.1, 0.15) is 15.8 Å². The number of hydrogen-bond donors (Lipinski definition) is 2. The molecule has 1 aliphatic rings. The number of carbonyl (C=O) groups excluding carboxylic acids is 1. The zero-order valence-corrected chi connectivity index (χ0v) is 20.8. The summed E-state index contributed by atoms with van der Waals surface area (Å²) in [5.74, 6) is -0.273. The van der Waals surface area contributed by atoms with Gasteiger partial charge in [-0.3, -0.25) is 9.69 Å². The van der Waals surface area contributed by atoms with Crippen molar-refractivity contribution in [1.82, 2.24) is 15.2 Å². The van der Waals surface area contributed by atoms with E-state index in [1.54, 1.807) is 28.7 Å². The van der Waals surface area contributed by atoms with Crippen LogP contribution in [0.3, 0.4) is 0 Å². The Morgan fingerprint density at radius 3 is 2.84 bits per heavy atom. The van der Waals surface area contributed by atoms with Crippen molar-refractivity contribution in [3.05, 3.63) is 34.5 Å². The van der Waals surface area contributed by atoms with Crippen LogP contribution < -0.4 is 10.6 Å². The third kappa shape index (κ3) is 5.03. The van der Waals surface area contributed by atoms with E-state index < -0.39 is 0 Å². The highest BCUT2D eigenvalue weighted by Gasteiger charge is 2.28. The Labute approximate surface area is 197 Å². The van der Waals surface area contributed by atoms with E-state index in [1.807, 2.05) is 0 Å². The molecule has 0 saturated heterocycles. The van der Waals surface area contributed by atoms with Crippen LogP contribution in [0.5, 0.6) is 0 Å². The van der Waals surface area contributed by atoms with Gasteiger partial charge in [0, 0.05) is 54.6 Å². The van der Waals surface area contributed by atoms with E-state index >= 15 is 0 Å². The second-order valence-electron chi connectivity index (χ2n) is 8.71. The number of rotatable bonds is 8. The van der Waals surface area contributed by atoms with Crippen molar-refractivity contribution in [2.45, 2.75) is 65.6 Å². The summed E-state index contributed by atoms with van der Waals surface area (Å²) >= 11 is 3.22. The largest absolute Gasteiger partial charge is 0.317 e. The van der Waals surface area contributed by atoms with Gasteiger partial charge in [0.15, 0.2) is 0 Å². The SMILES string of the molecule is CCC(C)NCCC(=O)Nc1sc2c(c1-c1nc3cc(F)ccc3s1)CCN(C(C)C)C2. The molecule has 0 bridgehead atoms. The molecule has 1 aromatic carbocycles. The molecule has 2 N–H and O–H groups in total. The Morgan fingerprint density at radius 1 is 1.28 bits per heavy atom. The quantitative estimate of drug-likeness (QED) is 0.443. The molecule has 4 rings (SSSR count). The molecule has 0 radical (unpaired) electrons. The number of halogens is 1. The van der Waals surface area contributed by atoms with Crippen LogP contribution in [0, 0.1) is 5.82 Å². The Morgan fingerprint density at radius 2 is 2.09 bits per heavy atom. The van der Waals surface area contributed by atoms with E-state index in [0.29, 0.717) is 30.6 Å². The zero-order valence-electron chi connectivity index (χ0n) is 19.1. The summed E-state index contributed by atoms with van der Waals surface area (Å²) in [6.45, 7) is 11.2. The molecule has 3 aromatic rings. The number of benzene rings is 1. The normalized spacial score (nSPS) is 15.3. The van der Waals surface area contributed by atoms with Gasteiger partial charge in [-0.15, -0.1) is 22.7 Å². The smallest absolute Gasteiger partial charge is 0.226 e. The fourth-order valence-electron chi connectivity index (χ4n) is 3.95. The van der Waals surface area contributed by atoms with Gasteiger partial charge in [-0.1, -0.05) is 6.92 Å². The van der Waals surface area contributed by atoms with Gasteiger partial charge in [0.05, 0.1) is 10.2 Å². The highest BCUT2D eigenvalue weighted by molar-refractivity contribution is 7.22. The number of fused-ring (bicyclic) bond motifs is 2. The number of aromatic nitrogens is 1. The Hall–Kier alpha value is -1.87. The summed E-state index contributed by atoms with van der Waals surface area (Å²) in [6.07, 6.45) is 2.39. The predicted molar refractivity (Wildman–Crippen MR) is 133 cm³/mol. The molecule has 1 atom stereocenters. The lowest BCUT2D eigenvalue weighted by atomic mass is 10.0. The van der Waals surface area contributed by atoms with Gasteiger partial charge in [0.25, 0.3) is 0 Å². The van der Waals surface area contributed by atoms with Crippen molar-refractivity contribution in [1.29, 1.82) is 0 Å². The van der Waals surface area contributed by atoms with Crippen molar-refractivity contribution in [2.24, 2.45) is 0 Å². The van der Waals surface area contributed by atoms with Crippen LogP contribution in [-0.4, -0.2) is 41.0 Å². The average Bonchev–Trinajstić information content (AvgIpc) is 3.32. The zero-order chi connectivity index (χ0) is 22.8. The fourth-order valence-corrected chi connectivity index (χ4v) is 6.33. The second-order valence-corrected chi connectivity index (χ2v) is 10.9. The van der Waals surface area contributed by atoms with Crippen LogP contribution >= 0.6 is 22.7 Å². The molecule has 0 saturated carbocycles. The van der Waals surface area contributed by atoms with Gasteiger partial charge in [0.2, 0.25) is 5.91 Å². The minimum atomic E-state index is -0.281. The van der Waals surface area contributed by atoms with Gasteiger partial charge < -0.3 is 10.6 Å². The lowest BCUT2D eigenvalue weighted by molar-refractivity contribution is -0.116. The van der Waals surface area contributed by atoms with Crippen LogP contribution in [0.4, 0.5) is 9.39 Å². The lowest BCUT2D eigenvalue weighted by Gasteiger charge is -2.30. The first-order valence-electron chi connectivity index (χ1n) is 11.3. The first kappa shape index (κ1) is 23.3. The van der Waals surface area contributed by atoms with E-state index in [2.05, 4.69) is 43.2 Å². The van der Waals surface area contributed by atoms with Crippen LogP contribution in [0.15, 0.2) is 18.2 Å². The Kier molecular flexibility index (Phi) is 7.24. The van der Waals surface area contributed by atoms with Gasteiger partial charge in [-0.2, -0.15) is 0 Å². The van der Waals surface area contributed by atoms with Gasteiger partial charge in [-0.05, 0) is 51.3 Å². The van der Waals surface area contributed by atoms with Crippen LogP contribution in [-0.2, 0) is 17.8 Å². The van der Waals surface area contributed by atoms with Crippen molar-refractivity contribution >= 4 is 43.8 Å². The van der Waals surface area contributed by atoms with Crippen molar-refractivity contribution in [3.8, 4) is 10.6 Å². The predicted octanol–water partition coefficient (Wildman–Crippen LogP) is 5.65. The second kappa shape index (κ2) is 9.95. The van der Waals surface area contributed by atoms with E-state index in [0.717, 1.165) is 46.2 Å². The summed E-state index contributed by atoms with van der Waals surface area (Å²) in [5, 5.41) is 8.27. The van der Waals surface area contributed by atoms with Crippen molar-refractivity contribution < 1.29 is 9.18 Å². The highest BCUT2D eigenvalue weighted by Crippen LogP contribution is 2.46. The topological polar surface area (TPSA) is 57.3 Å². The number of thiazole rings is 1. The summed E-state index contributed by atoms with van der Waals surface area (Å²) in [7, 11) is 0. The molecule has 0 fully saturated rings. The lowest BCUT2D eigenvalue weighted by Crippen LogP contribution is -2.35. The molecule has 5 nitrogen and oxygen atoms in total. The molecule has 8 heteroatoms. The Balaban J connectivity index is 1.65. The Bertz CT molecular complexity index is 1110. The third-order valence-electron chi connectivity index (χ3n) is 6.09. The van der Waals surface area contributed by atoms with Crippen molar-refractivity contribution in [2.75, 3.05) is 18.4 Å². The average molecular weight is 475 g/mol. The van der Waals surface area contributed by atoms with Gasteiger partial charge >= 0.3 is 0 Å². The molecule has 3 heterocycles. The molecule has 172 valence electrons. The molecular formula is C24H31FN4OS2. The maximum Gasteiger partial charge on any atom is 0.226 e. The minimum Gasteiger partial charge on any atom is -0.317 e. The van der Waals surface area contributed by atoms with E-state index in [-0.39, 0.29) is 11.7 Å². The number of anilines is 1. The van der Waals surface area contributed by atoms with Gasteiger partial charge in [-0.25, -0.2) is 9.37 Å². The third-order valence-corrected chi connectivity index (χ3v) is 8.28. The summed E-state index contributed by atoms with van der Waals surface area (Å²) in [4.78, 5) is 21.2. The number of carbonyl (C=O) groups is 1. The van der Waals surface area contributed by atoms with E-state index in [4.69, 9.17) is 4.98 Å². The maximum atomic E-state index is 13.7. The van der Waals surface area contributed by atoms with Crippen LogP contribution in [0.1, 0.15) is 51.0 Å². The van der Waals surface area contributed by atoms with E-state index in [1.165, 1.54) is 22.6 Å². The first-order chi connectivity index (χ1) is 15.4. The number of thiophene rings is 1. The molecule has 2 aromatic heterocycles. The summed E-state index contributed by atoms with van der Waals surface area (Å²) < 4.78 is 14.7.